The van der Waals surface area contributed by atoms with Gasteiger partial charge >= 0.3 is 0 Å². The lowest BCUT2D eigenvalue weighted by atomic mass is 10.1. The molecule has 0 radical (unpaired) electrons. The summed E-state index contributed by atoms with van der Waals surface area (Å²) in [5.74, 6) is 2.25. The number of ether oxygens (including phenoxy) is 3. The Morgan fingerprint density at radius 3 is 2.71 bits per heavy atom. The van der Waals surface area contributed by atoms with Crippen molar-refractivity contribution in [1.29, 1.82) is 0 Å². The number of hydrogen-bond acceptors (Lipinski definition) is 5. The Hall–Kier alpha value is -3.15. The lowest BCUT2D eigenvalue weighted by Crippen LogP contribution is -2.27. The molecule has 6 nitrogen and oxygen atoms in total. The maximum atomic E-state index is 12.8. The van der Waals surface area contributed by atoms with Crippen molar-refractivity contribution in [1.82, 2.24) is 5.32 Å². The molecule has 1 aliphatic heterocycles. The maximum Gasteiger partial charge on any atom is 0.287 e. The Morgan fingerprint density at radius 2 is 1.93 bits per heavy atom. The van der Waals surface area contributed by atoms with Crippen LogP contribution >= 0.6 is 0 Å². The molecule has 1 amide bonds. The first-order chi connectivity index (χ1) is 13.6. The van der Waals surface area contributed by atoms with Crippen molar-refractivity contribution in [3.05, 3.63) is 53.3 Å². The summed E-state index contributed by atoms with van der Waals surface area (Å²) in [6.07, 6.45) is 0. The number of carbonyl (C=O) groups excluding carboxylic acids is 1. The van der Waals surface area contributed by atoms with E-state index in [0.29, 0.717) is 36.9 Å². The van der Waals surface area contributed by atoms with Gasteiger partial charge in [0.15, 0.2) is 17.3 Å². The van der Waals surface area contributed by atoms with Crippen LogP contribution in [0.2, 0.25) is 0 Å². The standard InChI is InChI=1S/C22H23NO5/c1-4-25-16-6-8-18-17(12-16)13(2)21(28-18)22(24)23-14(3)15-5-7-19-20(11-15)27-10-9-26-19/h5-8,11-12,14H,4,9-10H2,1-3H3,(H,23,24). The zero-order chi connectivity index (χ0) is 19.7. The molecule has 1 atom stereocenters. The third-order valence-corrected chi connectivity index (χ3v) is 4.84. The van der Waals surface area contributed by atoms with Gasteiger partial charge in [0, 0.05) is 10.9 Å². The van der Waals surface area contributed by atoms with Crippen molar-refractivity contribution in [2.24, 2.45) is 0 Å². The average molecular weight is 381 g/mol. The molecule has 2 aromatic carbocycles. The van der Waals surface area contributed by atoms with Gasteiger partial charge in [0.05, 0.1) is 12.6 Å². The minimum atomic E-state index is -0.256. The van der Waals surface area contributed by atoms with E-state index in [2.05, 4.69) is 5.32 Å². The van der Waals surface area contributed by atoms with E-state index in [4.69, 9.17) is 18.6 Å². The fourth-order valence-corrected chi connectivity index (χ4v) is 3.35. The van der Waals surface area contributed by atoms with Crippen molar-refractivity contribution in [3.8, 4) is 17.2 Å². The number of fused-ring (bicyclic) bond motifs is 2. The van der Waals surface area contributed by atoms with Gasteiger partial charge in [-0.25, -0.2) is 0 Å². The van der Waals surface area contributed by atoms with Gasteiger partial charge in [0.25, 0.3) is 5.91 Å². The summed E-state index contributed by atoms with van der Waals surface area (Å²) in [6, 6.07) is 11.1. The van der Waals surface area contributed by atoms with E-state index in [-0.39, 0.29) is 11.9 Å². The third kappa shape index (κ3) is 3.38. The van der Waals surface area contributed by atoms with Gasteiger partial charge in [-0.3, -0.25) is 4.79 Å². The zero-order valence-corrected chi connectivity index (χ0v) is 16.2. The Labute approximate surface area is 163 Å². The molecule has 1 N–H and O–H groups in total. The van der Waals surface area contributed by atoms with Gasteiger partial charge in [0.1, 0.15) is 24.5 Å². The minimum absolute atomic E-state index is 0.213. The number of rotatable bonds is 5. The fraction of sp³-hybridized carbons (Fsp3) is 0.318. The highest BCUT2D eigenvalue weighted by molar-refractivity contribution is 5.99. The number of nitrogens with one attached hydrogen (secondary N) is 1. The van der Waals surface area contributed by atoms with E-state index >= 15 is 0 Å². The smallest absolute Gasteiger partial charge is 0.287 e. The van der Waals surface area contributed by atoms with Crippen LogP contribution in [0.1, 0.15) is 41.6 Å². The predicted octanol–water partition coefficient (Wildman–Crippen LogP) is 4.40. The van der Waals surface area contributed by atoms with Crippen LogP contribution in [0.15, 0.2) is 40.8 Å². The number of carbonyl (C=O) groups is 1. The van der Waals surface area contributed by atoms with Crippen LogP contribution in [-0.2, 0) is 0 Å². The summed E-state index contributed by atoms with van der Waals surface area (Å²) in [6.45, 7) is 7.40. The molecule has 0 fully saturated rings. The van der Waals surface area contributed by atoms with E-state index < -0.39 is 0 Å². The second kappa shape index (κ2) is 7.46. The van der Waals surface area contributed by atoms with Gasteiger partial charge in [-0.2, -0.15) is 0 Å². The lowest BCUT2D eigenvalue weighted by molar-refractivity contribution is 0.0913. The van der Waals surface area contributed by atoms with Crippen molar-refractivity contribution in [2.75, 3.05) is 19.8 Å². The summed E-state index contributed by atoms with van der Waals surface area (Å²) in [4.78, 5) is 12.8. The SMILES string of the molecule is CCOc1ccc2oc(C(=O)NC(C)c3ccc4c(c3)OCCO4)c(C)c2c1. The van der Waals surface area contributed by atoms with Gasteiger partial charge in [-0.15, -0.1) is 0 Å². The van der Waals surface area contributed by atoms with Gasteiger partial charge < -0.3 is 23.9 Å². The van der Waals surface area contributed by atoms with E-state index in [1.165, 1.54) is 0 Å². The molecule has 1 unspecified atom stereocenters. The first-order valence-corrected chi connectivity index (χ1v) is 9.43. The highest BCUT2D eigenvalue weighted by atomic mass is 16.6. The molecule has 2 heterocycles. The van der Waals surface area contributed by atoms with Crippen LogP contribution in [0.5, 0.6) is 17.2 Å². The molecule has 146 valence electrons. The van der Waals surface area contributed by atoms with E-state index in [1.807, 2.05) is 57.2 Å². The number of benzene rings is 2. The van der Waals surface area contributed by atoms with Crippen LogP contribution in [0, 0.1) is 6.92 Å². The topological polar surface area (TPSA) is 69.9 Å². The molecule has 1 aromatic heterocycles. The molecule has 0 saturated heterocycles. The number of hydrogen-bond donors (Lipinski definition) is 1. The number of amides is 1. The molecule has 0 saturated carbocycles. The molecule has 4 rings (SSSR count). The van der Waals surface area contributed by atoms with E-state index in [1.54, 1.807) is 0 Å². The molecular weight excluding hydrogens is 358 g/mol. The highest BCUT2D eigenvalue weighted by Crippen LogP contribution is 2.33. The van der Waals surface area contributed by atoms with Crippen LogP contribution in [0.25, 0.3) is 11.0 Å². The summed E-state index contributed by atoms with van der Waals surface area (Å²) >= 11 is 0. The summed E-state index contributed by atoms with van der Waals surface area (Å²) in [5, 5.41) is 3.88. The Kier molecular flexibility index (Phi) is 4.86. The van der Waals surface area contributed by atoms with Crippen LogP contribution in [0.4, 0.5) is 0 Å². The third-order valence-electron chi connectivity index (χ3n) is 4.84. The quantitative estimate of drug-likeness (QED) is 0.709. The molecule has 28 heavy (non-hydrogen) atoms. The molecule has 0 aliphatic carbocycles. The first kappa shape index (κ1) is 18.2. The van der Waals surface area contributed by atoms with Crippen molar-refractivity contribution in [3.63, 3.8) is 0 Å². The van der Waals surface area contributed by atoms with Crippen molar-refractivity contribution in [2.45, 2.75) is 26.8 Å². The largest absolute Gasteiger partial charge is 0.494 e. The average Bonchev–Trinajstić information content (AvgIpc) is 3.04. The number of aryl methyl sites for hydroxylation is 1. The number of furan rings is 1. The van der Waals surface area contributed by atoms with Gasteiger partial charge in [-0.05, 0) is 56.7 Å². The Balaban J connectivity index is 1.55. The summed E-state index contributed by atoms with van der Waals surface area (Å²) in [7, 11) is 0. The zero-order valence-electron chi connectivity index (χ0n) is 16.2. The molecule has 0 spiro atoms. The summed E-state index contributed by atoms with van der Waals surface area (Å²) in [5.41, 5.74) is 2.39. The van der Waals surface area contributed by atoms with E-state index in [0.717, 1.165) is 28.0 Å². The highest BCUT2D eigenvalue weighted by Gasteiger charge is 2.21. The monoisotopic (exact) mass is 381 g/mol. The first-order valence-electron chi connectivity index (χ1n) is 9.43. The van der Waals surface area contributed by atoms with E-state index in [9.17, 15) is 4.79 Å². The maximum absolute atomic E-state index is 12.8. The fourth-order valence-electron chi connectivity index (χ4n) is 3.35. The van der Waals surface area contributed by atoms with Crippen molar-refractivity contribution >= 4 is 16.9 Å². The molecule has 1 aliphatic rings. The van der Waals surface area contributed by atoms with Crippen LogP contribution < -0.4 is 19.5 Å². The minimum Gasteiger partial charge on any atom is -0.494 e. The second-order valence-electron chi connectivity index (χ2n) is 6.75. The van der Waals surface area contributed by atoms with Crippen LogP contribution in [-0.4, -0.2) is 25.7 Å². The Morgan fingerprint density at radius 1 is 1.14 bits per heavy atom. The van der Waals surface area contributed by atoms with Gasteiger partial charge in [-0.1, -0.05) is 6.07 Å². The van der Waals surface area contributed by atoms with Crippen LogP contribution in [0.3, 0.4) is 0 Å². The Bertz CT molecular complexity index is 1020. The molecule has 6 heteroatoms. The molecular formula is C22H23NO5. The summed E-state index contributed by atoms with van der Waals surface area (Å²) < 4.78 is 22.5. The molecule has 3 aromatic rings. The predicted molar refractivity (Wildman–Crippen MR) is 105 cm³/mol. The van der Waals surface area contributed by atoms with Gasteiger partial charge in [0.2, 0.25) is 0 Å². The van der Waals surface area contributed by atoms with Crippen molar-refractivity contribution < 1.29 is 23.4 Å². The molecule has 0 bridgehead atoms. The lowest BCUT2D eigenvalue weighted by Gasteiger charge is -2.21. The normalized spacial score (nSPS) is 14.0. The second-order valence-corrected chi connectivity index (χ2v) is 6.75.